The van der Waals surface area contributed by atoms with E-state index in [1.54, 1.807) is 36.4 Å². The summed E-state index contributed by atoms with van der Waals surface area (Å²) >= 11 is 7.12. The molecule has 6 nitrogen and oxygen atoms in total. The Morgan fingerprint density at radius 3 is 2.74 bits per heavy atom. The Labute approximate surface area is 165 Å². The first-order valence-electron chi connectivity index (χ1n) is 8.50. The topological polar surface area (TPSA) is 79.6 Å². The summed E-state index contributed by atoms with van der Waals surface area (Å²) in [6, 6.07) is 10.1. The summed E-state index contributed by atoms with van der Waals surface area (Å²) in [6.45, 7) is 1.38. The van der Waals surface area contributed by atoms with Crippen molar-refractivity contribution >= 4 is 49.8 Å². The van der Waals surface area contributed by atoms with Crippen molar-refractivity contribution < 1.29 is 17.6 Å². The molecule has 1 aliphatic rings. The minimum atomic E-state index is -3.42. The fourth-order valence-electron chi connectivity index (χ4n) is 3.03. The molecular formula is C18H17ClN2O4S2. The smallest absolute Gasteiger partial charge is 0.287 e. The minimum absolute atomic E-state index is 0.189. The van der Waals surface area contributed by atoms with Gasteiger partial charge in [0.2, 0.25) is 0 Å². The van der Waals surface area contributed by atoms with E-state index < -0.39 is 10.0 Å². The van der Waals surface area contributed by atoms with Crippen LogP contribution in [0.25, 0.3) is 11.0 Å². The number of halogens is 1. The molecule has 3 aromatic rings. The molecule has 0 spiro atoms. The first kappa shape index (κ1) is 18.5. The molecule has 0 saturated carbocycles. The van der Waals surface area contributed by atoms with Crippen LogP contribution in [0.2, 0.25) is 5.02 Å². The van der Waals surface area contributed by atoms with E-state index in [-0.39, 0.29) is 18.2 Å². The van der Waals surface area contributed by atoms with E-state index in [0.717, 1.165) is 23.1 Å². The molecule has 1 fully saturated rings. The lowest BCUT2D eigenvalue weighted by Gasteiger charge is -2.13. The summed E-state index contributed by atoms with van der Waals surface area (Å²) in [6.07, 6.45) is 1.80. The van der Waals surface area contributed by atoms with E-state index in [2.05, 4.69) is 5.32 Å². The molecule has 0 atom stereocenters. The normalized spacial score (nSPS) is 15.4. The maximum Gasteiger partial charge on any atom is 0.287 e. The van der Waals surface area contributed by atoms with Crippen LogP contribution < -0.4 is 5.32 Å². The summed E-state index contributed by atoms with van der Waals surface area (Å²) in [5.41, 5.74) is 0.583. The average molecular weight is 425 g/mol. The molecule has 1 aliphatic heterocycles. The largest absolute Gasteiger partial charge is 0.451 e. The standard InChI is InChI=1S/C18H17ClN2O4S2/c19-13-3-5-15-12(9-13)10-16(25-15)18(22)20-11-14-4-6-17(26-14)27(23,24)21-7-1-2-8-21/h3-6,9-10H,1-2,7-8,11H2,(H,20,22). The molecule has 1 amide bonds. The third-order valence-corrected chi connectivity index (χ3v) is 8.11. The lowest BCUT2D eigenvalue weighted by molar-refractivity contribution is 0.0925. The van der Waals surface area contributed by atoms with Crippen LogP contribution in [0, 0.1) is 0 Å². The van der Waals surface area contributed by atoms with Crippen LogP contribution in [0.1, 0.15) is 28.3 Å². The zero-order chi connectivity index (χ0) is 19.0. The molecule has 0 radical (unpaired) electrons. The van der Waals surface area contributed by atoms with Crippen molar-refractivity contribution in [3.63, 3.8) is 0 Å². The summed E-state index contributed by atoms with van der Waals surface area (Å²) in [5, 5.41) is 4.08. The zero-order valence-corrected chi connectivity index (χ0v) is 16.7. The minimum Gasteiger partial charge on any atom is -0.451 e. The van der Waals surface area contributed by atoms with Crippen LogP contribution in [0.4, 0.5) is 0 Å². The number of nitrogens with one attached hydrogen (secondary N) is 1. The Morgan fingerprint density at radius 2 is 1.96 bits per heavy atom. The average Bonchev–Trinajstić information content (AvgIpc) is 3.38. The van der Waals surface area contributed by atoms with Crippen molar-refractivity contribution in [1.82, 2.24) is 9.62 Å². The second-order valence-corrected chi connectivity index (χ2v) is 10.1. The summed E-state index contributed by atoms with van der Waals surface area (Å²) < 4.78 is 32.5. The second-order valence-electron chi connectivity index (χ2n) is 6.31. The number of amides is 1. The third kappa shape index (κ3) is 3.75. The zero-order valence-electron chi connectivity index (χ0n) is 14.3. The van der Waals surface area contributed by atoms with Gasteiger partial charge in [-0.3, -0.25) is 4.79 Å². The molecule has 142 valence electrons. The lowest BCUT2D eigenvalue weighted by Crippen LogP contribution is -2.27. The second kappa shape index (κ2) is 7.27. The number of carbonyl (C=O) groups excluding carboxylic acids is 1. The van der Waals surface area contributed by atoms with Gasteiger partial charge in [-0.2, -0.15) is 4.31 Å². The molecule has 0 bridgehead atoms. The Hall–Kier alpha value is -1.87. The van der Waals surface area contributed by atoms with E-state index in [1.165, 1.54) is 15.6 Å². The molecule has 0 aliphatic carbocycles. The number of sulfonamides is 1. The van der Waals surface area contributed by atoms with Crippen molar-refractivity contribution in [2.75, 3.05) is 13.1 Å². The molecule has 0 unspecified atom stereocenters. The van der Waals surface area contributed by atoms with Crippen LogP contribution in [-0.2, 0) is 16.6 Å². The van der Waals surface area contributed by atoms with Crippen LogP contribution in [0.15, 0.2) is 45.0 Å². The van der Waals surface area contributed by atoms with Crippen LogP contribution in [0.5, 0.6) is 0 Å². The molecule has 4 rings (SSSR count). The van der Waals surface area contributed by atoms with E-state index >= 15 is 0 Å². The van der Waals surface area contributed by atoms with Gasteiger partial charge >= 0.3 is 0 Å². The SMILES string of the molecule is O=C(NCc1ccc(S(=O)(=O)N2CCCC2)s1)c1cc2cc(Cl)ccc2o1. The van der Waals surface area contributed by atoms with E-state index in [0.29, 0.717) is 27.9 Å². The van der Waals surface area contributed by atoms with Crippen molar-refractivity contribution in [1.29, 1.82) is 0 Å². The highest BCUT2D eigenvalue weighted by Crippen LogP contribution is 2.27. The summed E-state index contributed by atoms with van der Waals surface area (Å²) in [5.74, 6) is -0.173. The monoisotopic (exact) mass is 424 g/mol. The van der Waals surface area contributed by atoms with Gasteiger partial charge in [-0.25, -0.2) is 8.42 Å². The van der Waals surface area contributed by atoms with Gasteiger partial charge in [0.1, 0.15) is 9.79 Å². The van der Waals surface area contributed by atoms with Crippen LogP contribution in [-0.4, -0.2) is 31.7 Å². The number of thiophene rings is 1. The summed E-state index contributed by atoms with van der Waals surface area (Å²) in [4.78, 5) is 13.1. The molecule has 9 heteroatoms. The highest BCUT2D eigenvalue weighted by Gasteiger charge is 2.28. The highest BCUT2D eigenvalue weighted by molar-refractivity contribution is 7.91. The Morgan fingerprint density at radius 1 is 1.19 bits per heavy atom. The number of fused-ring (bicyclic) bond motifs is 1. The van der Waals surface area contributed by atoms with Crippen LogP contribution in [0.3, 0.4) is 0 Å². The predicted molar refractivity (Wildman–Crippen MR) is 105 cm³/mol. The number of carbonyl (C=O) groups is 1. The number of hydrogen-bond acceptors (Lipinski definition) is 5. The Kier molecular flexibility index (Phi) is 4.98. The van der Waals surface area contributed by atoms with E-state index in [1.807, 2.05) is 0 Å². The molecule has 27 heavy (non-hydrogen) atoms. The van der Waals surface area contributed by atoms with Gasteiger partial charge < -0.3 is 9.73 Å². The van der Waals surface area contributed by atoms with E-state index in [9.17, 15) is 13.2 Å². The predicted octanol–water partition coefficient (Wildman–Crippen LogP) is 3.86. The maximum absolute atomic E-state index is 12.6. The fourth-order valence-corrected chi connectivity index (χ4v) is 6.18. The van der Waals surface area contributed by atoms with Gasteiger partial charge in [0.05, 0.1) is 6.54 Å². The molecule has 3 heterocycles. The summed E-state index contributed by atoms with van der Waals surface area (Å²) in [7, 11) is -3.42. The van der Waals surface area contributed by atoms with Crippen molar-refractivity contribution in [2.45, 2.75) is 23.6 Å². The lowest BCUT2D eigenvalue weighted by atomic mass is 10.2. The number of rotatable bonds is 5. The first-order chi connectivity index (χ1) is 12.9. The number of benzene rings is 1. The quantitative estimate of drug-likeness (QED) is 0.674. The van der Waals surface area contributed by atoms with Gasteiger partial charge in [-0.05, 0) is 49.2 Å². The molecule has 2 aromatic heterocycles. The number of nitrogens with zero attached hydrogens (tertiary/aromatic N) is 1. The van der Waals surface area contributed by atoms with Gasteiger partial charge in [-0.1, -0.05) is 11.6 Å². The fraction of sp³-hybridized carbons (Fsp3) is 0.278. The molecule has 1 aromatic carbocycles. The molecule has 1 saturated heterocycles. The van der Waals surface area contributed by atoms with Gasteiger partial charge in [0.15, 0.2) is 5.76 Å². The van der Waals surface area contributed by atoms with Gasteiger partial charge in [-0.15, -0.1) is 11.3 Å². The van der Waals surface area contributed by atoms with Gasteiger partial charge in [0, 0.05) is 28.4 Å². The molecular weight excluding hydrogens is 408 g/mol. The highest BCUT2D eigenvalue weighted by atomic mass is 35.5. The number of furan rings is 1. The van der Waals surface area contributed by atoms with Gasteiger partial charge in [0.25, 0.3) is 15.9 Å². The van der Waals surface area contributed by atoms with E-state index in [4.69, 9.17) is 16.0 Å². The van der Waals surface area contributed by atoms with Crippen LogP contribution >= 0.6 is 22.9 Å². The van der Waals surface area contributed by atoms with Crippen molar-refractivity contribution in [3.8, 4) is 0 Å². The molecule has 1 N–H and O–H groups in total. The number of hydrogen-bond donors (Lipinski definition) is 1. The Bertz CT molecular complexity index is 1100. The maximum atomic E-state index is 12.6. The first-order valence-corrected chi connectivity index (χ1v) is 11.1. The van der Waals surface area contributed by atoms with Crippen molar-refractivity contribution in [2.24, 2.45) is 0 Å². The Balaban J connectivity index is 1.44. The van der Waals surface area contributed by atoms with Crippen molar-refractivity contribution in [3.05, 3.63) is 52.1 Å². The third-order valence-electron chi connectivity index (χ3n) is 4.42.